The van der Waals surface area contributed by atoms with Gasteiger partial charge in [-0.3, -0.25) is 15.6 Å². The van der Waals surface area contributed by atoms with Crippen molar-refractivity contribution in [2.45, 2.75) is 19.8 Å². The molecule has 1 rings (SSSR count). The Morgan fingerprint density at radius 1 is 1.57 bits per heavy atom. The third kappa shape index (κ3) is 5.74. The molecule has 7 heteroatoms. The van der Waals surface area contributed by atoms with Crippen LogP contribution in [0.25, 0.3) is 0 Å². The van der Waals surface area contributed by atoms with E-state index in [0.717, 1.165) is 5.56 Å². The van der Waals surface area contributed by atoms with E-state index in [-0.39, 0.29) is 11.7 Å². The SMILES string of the molecule is CCOC(=O)CCc1cccc(N/N=C(\C#N)C(=N)N)c1. The van der Waals surface area contributed by atoms with Crippen molar-refractivity contribution in [2.24, 2.45) is 10.8 Å². The summed E-state index contributed by atoms with van der Waals surface area (Å²) in [5.74, 6) is -0.638. The summed E-state index contributed by atoms with van der Waals surface area (Å²) in [6.45, 7) is 2.14. The Hall–Kier alpha value is -2.88. The molecule has 0 heterocycles. The Morgan fingerprint density at radius 2 is 2.33 bits per heavy atom. The fourth-order valence-corrected chi connectivity index (χ4v) is 1.54. The fourth-order valence-electron chi connectivity index (χ4n) is 1.54. The van der Waals surface area contributed by atoms with Crippen molar-refractivity contribution in [1.29, 1.82) is 10.7 Å². The molecule has 0 bridgehead atoms. The third-order valence-electron chi connectivity index (χ3n) is 2.51. The Balaban J connectivity index is 2.67. The number of esters is 1. The van der Waals surface area contributed by atoms with Gasteiger partial charge in [-0.05, 0) is 31.0 Å². The topological polar surface area (TPSA) is 124 Å². The second-order valence-electron chi connectivity index (χ2n) is 4.10. The number of hydrazone groups is 1. The molecule has 0 spiro atoms. The zero-order chi connectivity index (χ0) is 15.7. The molecule has 0 aliphatic rings. The molecule has 0 fully saturated rings. The number of nitrogens with two attached hydrogens (primary N) is 1. The highest BCUT2D eigenvalue weighted by Gasteiger charge is 2.04. The van der Waals surface area contributed by atoms with Crippen molar-refractivity contribution >= 4 is 23.2 Å². The van der Waals surface area contributed by atoms with Gasteiger partial charge in [0.2, 0.25) is 5.71 Å². The first kappa shape index (κ1) is 16.2. The highest BCUT2D eigenvalue weighted by atomic mass is 16.5. The average molecular weight is 287 g/mol. The average Bonchev–Trinajstić information content (AvgIpc) is 2.46. The summed E-state index contributed by atoms with van der Waals surface area (Å²) < 4.78 is 4.86. The predicted molar refractivity (Wildman–Crippen MR) is 80.0 cm³/mol. The highest BCUT2D eigenvalue weighted by molar-refractivity contribution is 6.45. The second-order valence-corrected chi connectivity index (χ2v) is 4.10. The summed E-state index contributed by atoms with van der Waals surface area (Å²) in [6.07, 6.45) is 0.854. The van der Waals surface area contributed by atoms with Gasteiger partial charge in [-0.2, -0.15) is 10.4 Å². The van der Waals surface area contributed by atoms with E-state index >= 15 is 0 Å². The normalized spacial score (nSPS) is 10.6. The number of nitrogens with one attached hydrogen (secondary N) is 2. The van der Waals surface area contributed by atoms with Crippen molar-refractivity contribution in [3.05, 3.63) is 29.8 Å². The lowest BCUT2D eigenvalue weighted by molar-refractivity contribution is -0.143. The van der Waals surface area contributed by atoms with Crippen molar-refractivity contribution in [3.63, 3.8) is 0 Å². The summed E-state index contributed by atoms with van der Waals surface area (Å²) in [5, 5.41) is 19.6. The van der Waals surface area contributed by atoms with E-state index in [4.69, 9.17) is 21.1 Å². The Bertz CT molecular complexity index is 589. The minimum absolute atomic E-state index is 0.188. The molecular weight excluding hydrogens is 270 g/mol. The minimum Gasteiger partial charge on any atom is -0.466 e. The molecule has 0 aliphatic carbocycles. The summed E-state index contributed by atoms with van der Waals surface area (Å²) in [4.78, 5) is 11.3. The van der Waals surface area contributed by atoms with Crippen LogP contribution >= 0.6 is 0 Å². The van der Waals surface area contributed by atoms with Crippen molar-refractivity contribution in [2.75, 3.05) is 12.0 Å². The van der Waals surface area contributed by atoms with E-state index in [1.54, 1.807) is 31.2 Å². The zero-order valence-corrected chi connectivity index (χ0v) is 11.7. The van der Waals surface area contributed by atoms with Crippen LogP contribution in [0.1, 0.15) is 18.9 Å². The van der Waals surface area contributed by atoms with E-state index in [9.17, 15) is 4.79 Å². The van der Waals surface area contributed by atoms with Crippen LogP contribution in [0.15, 0.2) is 29.4 Å². The summed E-state index contributed by atoms with van der Waals surface area (Å²) in [5.41, 5.74) is 9.24. The summed E-state index contributed by atoms with van der Waals surface area (Å²) in [6, 6.07) is 8.96. The standard InChI is InChI=1S/C14H17N5O2/c1-2-21-13(20)7-6-10-4-3-5-11(8-10)18-19-12(9-15)14(16)17/h3-5,8,18H,2,6-7H2,1H3,(H3,16,17)/b19-12+. The number of hydrogen-bond donors (Lipinski definition) is 3. The van der Waals surface area contributed by atoms with Gasteiger partial charge in [0.25, 0.3) is 0 Å². The van der Waals surface area contributed by atoms with Gasteiger partial charge in [-0.15, -0.1) is 0 Å². The molecule has 0 radical (unpaired) electrons. The first-order valence-corrected chi connectivity index (χ1v) is 6.39. The molecule has 0 atom stereocenters. The number of carbonyl (C=O) groups excluding carboxylic acids is 1. The maximum absolute atomic E-state index is 11.3. The van der Waals surface area contributed by atoms with Crippen LogP contribution in [-0.4, -0.2) is 24.1 Å². The number of anilines is 1. The predicted octanol–water partition coefficient (Wildman–Crippen LogP) is 1.41. The number of carbonyl (C=O) groups is 1. The van der Waals surface area contributed by atoms with E-state index < -0.39 is 5.84 Å². The van der Waals surface area contributed by atoms with Gasteiger partial charge in [0, 0.05) is 6.42 Å². The highest BCUT2D eigenvalue weighted by Crippen LogP contribution is 2.12. The van der Waals surface area contributed by atoms with E-state index in [1.165, 1.54) is 0 Å². The van der Waals surface area contributed by atoms with Crippen molar-refractivity contribution in [1.82, 2.24) is 0 Å². The van der Waals surface area contributed by atoms with Gasteiger partial charge in [0.05, 0.1) is 12.3 Å². The number of rotatable bonds is 7. The third-order valence-corrected chi connectivity index (χ3v) is 2.51. The van der Waals surface area contributed by atoms with Gasteiger partial charge < -0.3 is 10.5 Å². The fraction of sp³-hybridized carbons (Fsp3) is 0.286. The van der Waals surface area contributed by atoms with Crippen LogP contribution in [-0.2, 0) is 16.0 Å². The molecule has 110 valence electrons. The number of aryl methyl sites for hydroxylation is 1. The molecule has 0 unspecified atom stereocenters. The number of hydrogen-bond acceptors (Lipinski definition) is 6. The molecule has 0 amide bonds. The van der Waals surface area contributed by atoms with Crippen LogP contribution in [0.3, 0.4) is 0 Å². The minimum atomic E-state index is -0.400. The second kappa shape index (κ2) is 8.32. The van der Waals surface area contributed by atoms with Crippen LogP contribution in [0.2, 0.25) is 0 Å². The monoisotopic (exact) mass is 287 g/mol. The molecular formula is C14H17N5O2. The van der Waals surface area contributed by atoms with Crippen molar-refractivity contribution < 1.29 is 9.53 Å². The molecule has 0 aromatic heterocycles. The van der Waals surface area contributed by atoms with E-state index in [2.05, 4.69) is 10.5 Å². The molecule has 0 saturated heterocycles. The lowest BCUT2D eigenvalue weighted by Gasteiger charge is -2.05. The van der Waals surface area contributed by atoms with Gasteiger partial charge in [-0.25, -0.2) is 0 Å². The van der Waals surface area contributed by atoms with Crippen LogP contribution in [0.5, 0.6) is 0 Å². The Morgan fingerprint density at radius 3 is 2.95 bits per heavy atom. The molecule has 1 aromatic rings. The first-order chi connectivity index (χ1) is 10.1. The molecule has 4 N–H and O–H groups in total. The van der Waals surface area contributed by atoms with Gasteiger partial charge in [0.1, 0.15) is 6.07 Å². The maximum Gasteiger partial charge on any atom is 0.306 e. The summed E-state index contributed by atoms with van der Waals surface area (Å²) in [7, 11) is 0. The van der Waals surface area contributed by atoms with E-state index in [1.807, 2.05) is 6.07 Å². The molecule has 21 heavy (non-hydrogen) atoms. The van der Waals surface area contributed by atoms with Crippen molar-refractivity contribution in [3.8, 4) is 6.07 Å². The van der Waals surface area contributed by atoms with E-state index in [0.29, 0.717) is 25.1 Å². The first-order valence-electron chi connectivity index (χ1n) is 6.39. The van der Waals surface area contributed by atoms with Gasteiger partial charge in [-0.1, -0.05) is 12.1 Å². The number of amidine groups is 1. The largest absolute Gasteiger partial charge is 0.466 e. The van der Waals surface area contributed by atoms with Crippen LogP contribution < -0.4 is 11.2 Å². The summed E-state index contributed by atoms with van der Waals surface area (Å²) >= 11 is 0. The Kier molecular flexibility index (Phi) is 6.41. The number of nitriles is 1. The molecule has 7 nitrogen and oxygen atoms in total. The van der Waals surface area contributed by atoms with Gasteiger partial charge >= 0.3 is 5.97 Å². The molecule has 1 aromatic carbocycles. The molecule has 0 aliphatic heterocycles. The van der Waals surface area contributed by atoms with Crippen LogP contribution in [0.4, 0.5) is 5.69 Å². The van der Waals surface area contributed by atoms with Crippen LogP contribution in [0, 0.1) is 16.7 Å². The number of nitrogens with zero attached hydrogens (tertiary/aromatic N) is 2. The number of benzene rings is 1. The lowest BCUT2D eigenvalue weighted by atomic mass is 10.1. The zero-order valence-electron chi connectivity index (χ0n) is 11.7. The molecule has 0 saturated carbocycles. The van der Waals surface area contributed by atoms with Gasteiger partial charge in [0.15, 0.2) is 5.84 Å². The maximum atomic E-state index is 11.3. The quantitative estimate of drug-likeness (QED) is 0.302. The lowest BCUT2D eigenvalue weighted by Crippen LogP contribution is -2.21. The smallest absolute Gasteiger partial charge is 0.306 e. The Labute approximate surface area is 122 Å². The number of ether oxygens (including phenoxy) is 1.